The molecule has 0 amide bonds. The van der Waals surface area contributed by atoms with Crippen LogP contribution >= 0.6 is 0 Å². The number of ether oxygens (including phenoxy) is 9. The smallest absolute Gasteiger partial charge is 0.303 e. The molecule has 2 heterocycles. The van der Waals surface area contributed by atoms with Crippen molar-refractivity contribution in [3.63, 3.8) is 0 Å². The SMILES string of the molecule is C=C(C(=O)[C@H](OC(C)=O)C(C)[C@H]1[C@@H](OC(C)=O)C[C@@]2(C)[C@@H]3CC[C@H]4[C@H](C)C(=O)C=CC45CC35CC[C@]12C)[C@@H](C)COC1(C)OC2OC(COC(C)=O)C(OC(C)=O)C(OC(C)=O)C2O1. The van der Waals surface area contributed by atoms with E-state index < -0.39 is 102 Å². The lowest BCUT2D eigenvalue weighted by Crippen LogP contribution is -2.60. The predicted molar refractivity (Wildman–Crippen MR) is 223 cm³/mol. The largest absolute Gasteiger partial charge is 0.463 e. The maximum Gasteiger partial charge on any atom is 0.303 e. The summed E-state index contributed by atoms with van der Waals surface area (Å²) in [7, 11) is 0. The Balaban J connectivity index is 1.09. The Bertz CT molecular complexity index is 1990. The number of carbonyl (C=O) groups is 7. The van der Waals surface area contributed by atoms with Crippen molar-refractivity contribution < 1.29 is 76.2 Å². The van der Waals surface area contributed by atoms with Crippen LogP contribution in [-0.4, -0.2) is 104 Å². The van der Waals surface area contributed by atoms with Crippen LogP contribution in [0.2, 0.25) is 0 Å². The van der Waals surface area contributed by atoms with Gasteiger partial charge in [-0.2, -0.15) is 0 Å². The zero-order valence-electron chi connectivity index (χ0n) is 39.1. The van der Waals surface area contributed by atoms with Gasteiger partial charge in [0.1, 0.15) is 18.8 Å². The first-order valence-electron chi connectivity index (χ1n) is 22.8. The fourth-order valence-corrected chi connectivity index (χ4v) is 13.9. The molecular weight excluding hydrogens is 833 g/mol. The highest BCUT2D eigenvalue weighted by atomic mass is 16.9. The molecular formula is C48H66O16. The topological polar surface area (TPSA) is 203 Å². The van der Waals surface area contributed by atoms with Crippen molar-refractivity contribution in [3.8, 4) is 0 Å². The summed E-state index contributed by atoms with van der Waals surface area (Å²) in [5.41, 5.74) is -0.543. The molecule has 0 aromatic carbocycles. The number of carbonyl (C=O) groups excluding carboxylic acids is 7. The van der Waals surface area contributed by atoms with Crippen LogP contribution in [0.1, 0.15) is 115 Å². The van der Waals surface area contributed by atoms with Crippen molar-refractivity contribution >= 4 is 41.4 Å². The molecule has 0 radical (unpaired) electrons. The Morgan fingerprint density at radius 2 is 1.50 bits per heavy atom. The fourth-order valence-electron chi connectivity index (χ4n) is 13.9. The minimum Gasteiger partial charge on any atom is -0.463 e. The first-order chi connectivity index (χ1) is 29.8. The Labute approximate surface area is 375 Å². The number of hydrogen-bond donors (Lipinski definition) is 0. The lowest BCUT2D eigenvalue weighted by molar-refractivity contribution is -0.346. The van der Waals surface area contributed by atoms with Crippen molar-refractivity contribution in [1.29, 1.82) is 0 Å². The van der Waals surface area contributed by atoms with E-state index in [1.807, 2.05) is 13.0 Å². The van der Waals surface area contributed by atoms with E-state index in [1.165, 1.54) is 41.5 Å². The maximum absolute atomic E-state index is 14.7. The van der Waals surface area contributed by atoms with Gasteiger partial charge in [-0.1, -0.05) is 47.3 Å². The van der Waals surface area contributed by atoms with Gasteiger partial charge in [0.2, 0.25) is 0 Å². The number of esters is 5. The normalized spacial score (nSPS) is 42.8. The Kier molecular flexibility index (Phi) is 12.8. The molecule has 0 bridgehead atoms. The summed E-state index contributed by atoms with van der Waals surface area (Å²) < 4.78 is 52.7. The van der Waals surface area contributed by atoms with E-state index in [0.717, 1.165) is 32.1 Å². The monoisotopic (exact) mass is 898 g/mol. The standard InChI is InChI=1S/C48H66O16/c1-23(20-57-46(12)63-42-41(61-31(9)53)40(60-30(8)52)35(21-56-27(5)49)62-43(42)64-46)24(2)38(55)39(59-29(7)51)26(4)37-34(58-28(6)50)19-45(11)36-14-13-32-25(3)33(54)15-16-47(32)22-48(36,47)18-17-44(37,45)10/h15-16,23,25-26,32,34-37,39-43H,2,13-14,17-22H2,1,3-12H3/t23-,25-,26?,32-,34-,35?,36-,37-,39+,40?,41?,42?,43?,44+,45-,46?,47?,48?/m0/s1. The summed E-state index contributed by atoms with van der Waals surface area (Å²) in [4.78, 5) is 89.2. The van der Waals surface area contributed by atoms with Crippen molar-refractivity contribution in [2.24, 2.45) is 57.2 Å². The molecule has 5 aliphatic carbocycles. The highest BCUT2D eigenvalue weighted by Gasteiger charge is 2.82. The van der Waals surface area contributed by atoms with Crippen molar-refractivity contribution in [1.82, 2.24) is 0 Å². The predicted octanol–water partition coefficient (Wildman–Crippen LogP) is 5.51. The summed E-state index contributed by atoms with van der Waals surface area (Å²) in [6, 6.07) is 0. The second kappa shape index (κ2) is 17.0. The molecule has 7 rings (SSSR count). The molecule has 0 aromatic rings. The Morgan fingerprint density at radius 3 is 2.12 bits per heavy atom. The third kappa shape index (κ3) is 7.95. The van der Waals surface area contributed by atoms with Crippen LogP contribution in [0.15, 0.2) is 24.3 Å². The van der Waals surface area contributed by atoms with Crippen molar-refractivity contribution in [3.05, 3.63) is 24.3 Å². The summed E-state index contributed by atoms with van der Waals surface area (Å²) in [6.45, 7) is 21.6. The summed E-state index contributed by atoms with van der Waals surface area (Å²) in [6.07, 6.45) is 1.62. The van der Waals surface area contributed by atoms with E-state index >= 15 is 0 Å². The first kappa shape index (κ1) is 48.0. The molecule has 2 saturated heterocycles. The molecule has 9 unspecified atom stereocenters. The molecule has 18 atom stereocenters. The average molecular weight is 899 g/mol. The minimum atomic E-state index is -1.83. The van der Waals surface area contributed by atoms with Crippen LogP contribution in [0, 0.1) is 57.2 Å². The molecule has 0 aromatic heterocycles. The number of rotatable bonds is 14. The third-order valence-electron chi connectivity index (χ3n) is 16.8. The molecule has 7 aliphatic rings. The van der Waals surface area contributed by atoms with E-state index in [0.29, 0.717) is 18.3 Å². The number of fused-ring (bicyclic) bond motifs is 3. The first-order valence-corrected chi connectivity index (χ1v) is 22.8. The average Bonchev–Trinajstić information content (AvgIpc) is 3.66. The summed E-state index contributed by atoms with van der Waals surface area (Å²) >= 11 is 0. The van der Waals surface area contributed by atoms with Crippen molar-refractivity contribution in [2.75, 3.05) is 13.2 Å². The van der Waals surface area contributed by atoms with Crippen LogP contribution < -0.4 is 0 Å². The maximum atomic E-state index is 14.7. The highest BCUT2D eigenvalue weighted by molar-refractivity contribution is 6.00. The molecule has 64 heavy (non-hydrogen) atoms. The van der Waals surface area contributed by atoms with Crippen LogP contribution in [0.4, 0.5) is 0 Å². The van der Waals surface area contributed by atoms with Gasteiger partial charge in [0.25, 0.3) is 5.97 Å². The van der Waals surface area contributed by atoms with E-state index in [-0.39, 0.29) is 52.7 Å². The lowest BCUT2D eigenvalue weighted by Gasteiger charge is -2.61. The zero-order chi connectivity index (χ0) is 47.1. The van der Waals surface area contributed by atoms with E-state index in [4.69, 9.17) is 42.6 Å². The highest BCUT2D eigenvalue weighted by Crippen LogP contribution is 2.87. The van der Waals surface area contributed by atoms with Gasteiger partial charge < -0.3 is 37.9 Å². The van der Waals surface area contributed by atoms with Gasteiger partial charge in [0, 0.05) is 65.2 Å². The molecule has 4 saturated carbocycles. The minimum absolute atomic E-state index is 0.0128. The molecule has 354 valence electrons. The van der Waals surface area contributed by atoms with Gasteiger partial charge in [-0.3, -0.25) is 38.3 Å². The van der Waals surface area contributed by atoms with Gasteiger partial charge >= 0.3 is 29.8 Å². The van der Waals surface area contributed by atoms with Gasteiger partial charge in [0.15, 0.2) is 42.3 Å². The molecule has 0 N–H and O–H groups in total. The second-order valence-electron chi connectivity index (χ2n) is 20.4. The van der Waals surface area contributed by atoms with E-state index in [9.17, 15) is 33.6 Å². The van der Waals surface area contributed by atoms with Crippen LogP contribution in [0.25, 0.3) is 0 Å². The fraction of sp³-hybridized carbons (Fsp3) is 0.771. The van der Waals surface area contributed by atoms with Gasteiger partial charge in [-0.05, 0) is 83.7 Å². The number of ketones is 2. The molecule has 16 heteroatoms. The van der Waals surface area contributed by atoms with Crippen LogP contribution in [-0.2, 0) is 76.2 Å². The van der Waals surface area contributed by atoms with Gasteiger partial charge in [-0.15, -0.1) is 0 Å². The molecule has 2 aliphatic heterocycles. The quantitative estimate of drug-likeness (QED) is 0.120. The molecule has 6 fully saturated rings. The van der Waals surface area contributed by atoms with Crippen molar-refractivity contribution in [2.45, 2.75) is 164 Å². The van der Waals surface area contributed by atoms with Gasteiger partial charge in [-0.25, -0.2) is 0 Å². The zero-order valence-corrected chi connectivity index (χ0v) is 39.1. The lowest BCUT2D eigenvalue weighted by atomic mass is 9.43. The van der Waals surface area contributed by atoms with E-state index in [1.54, 1.807) is 6.92 Å². The number of Topliss-reactive ketones (excluding diaryl/α,β-unsaturated/α-hetero) is 1. The summed E-state index contributed by atoms with van der Waals surface area (Å²) in [5, 5.41) is 0. The molecule has 16 nitrogen and oxygen atoms in total. The van der Waals surface area contributed by atoms with Gasteiger partial charge in [0.05, 0.1) is 6.61 Å². The summed E-state index contributed by atoms with van der Waals surface area (Å²) in [5.74, 6) is -6.23. The number of hydrogen-bond acceptors (Lipinski definition) is 16. The van der Waals surface area contributed by atoms with Crippen LogP contribution in [0.3, 0.4) is 0 Å². The molecule has 2 spiro atoms. The Morgan fingerprint density at radius 1 is 0.844 bits per heavy atom. The van der Waals surface area contributed by atoms with E-state index in [2.05, 4.69) is 33.4 Å². The Hall–Kier alpha value is -3.99. The van der Waals surface area contributed by atoms with Crippen LogP contribution in [0.5, 0.6) is 0 Å². The number of allylic oxidation sites excluding steroid dienone is 2. The second-order valence-corrected chi connectivity index (χ2v) is 20.4. The third-order valence-corrected chi connectivity index (χ3v) is 16.8.